The molecule has 2 aromatic rings. The number of H-pyrrole nitrogens is 1. The van der Waals surface area contributed by atoms with Crippen molar-refractivity contribution in [3.63, 3.8) is 0 Å². The van der Waals surface area contributed by atoms with Crippen LogP contribution in [0.1, 0.15) is 0 Å². The van der Waals surface area contributed by atoms with Gasteiger partial charge in [-0.2, -0.15) is 0 Å². The number of rotatable bonds is 0. The van der Waals surface area contributed by atoms with E-state index >= 15 is 0 Å². The van der Waals surface area contributed by atoms with E-state index in [9.17, 15) is 0 Å². The monoisotopic (exact) mass is 160 g/mol. The number of hydrogen-bond donors (Lipinski definition) is 1. The van der Waals surface area contributed by atoms with Crippen molar-refractivity contribution in [1.82, 2.24) is 9.97 Å². The lowest BCUT2D eigenvalue weighted by atomic mass is 10.5. The van der Waals surface area contributed by atoms with Crippen molar-refractivity contribution < 1.29 is 0 Å². The van der Waals surface area contributed by atoms with Crippen molar-refractivity contribution in [1.29, 1.82) is 0 Å². The average molecular weight is 160 g/mol. The molecule has 0 saturated heterocycles. The van der Waals surface area contributed by atoms with E-state index in [0.29, 0.717) is 0 Å². The highest BCUT2D eigenvalue weighted by molar-refractivity contribution is 5.75. The van der Waals surface area contributed by atoms with Gasteiger partial charge in [0.2, 0.25) is 0 Å². The molecule has 2 heterocycles. The van der Waals surface area contributed by atoms with Gasteiger partial charge in [0.1, 0.15) is 0 Å². The van der Waals surface area contributed by atoms with Gasteiger partial charge in [-0.05, 0) is 24.3 Å². The van der Waals surface area contributed by atoms with Crippen LogP contribution in [-0.4, -0.2) is 18.4 Å². The van der Waals surface area contributed by atoms with Gasteiger partial charge in [0.05, 0.1) is 8.41 Å². The molecule has 0 saturated carbocycles. The first-order valence-corrected chi connectivity index (χ1v) is 3.43. The van der Waals surface area contributed by atoms with Gasteiger partial charge in [-0.3, -0.25) is 4.98 Å². The summed E-state index contributed by atoms with van der Waals surface area (Å²) in [5.41, 5.74) is 0. The van der Waals surface area contributed by atoms with Crippen molar-refractivity contribution >= 4 is 8.41 Å². The minimum absolute atomic E-state index is 0. The molecule has 0 spiro atoms. The van der Waals surface area contributed by atoms with Crippen molar-refractivity contribution in [2.45, 2.75) is 0 Å². The highest BCUT2D eigenvalue weighted by Crippen LogP contribution is 1.73. The maximum atomic E-state index is 3.78. The van der Waals surface area contributed by atoms with Gasteiger partial charge < -0.3 is 4.98 Å². The first kappa shape index (κ1) is 10.5. The fourth-order valence-electron chi connectivity index (χ4n) is 0.590. The van der Waals surface area contributed by atoms with E-state index in [2.05, 4.69) is 9.97 Å². The Morgan fingerprint density at radius 2 is 1.33 bits per heavy atom. The predicted octanol–water partition coefficient (Wildman–Crippen LogP) is 0.912. The molecule has 0 unspecified atom stereocenters. The van der Waals surface area contributed by atoms with Gasteiger partial charge in [0.15, 0.2) is 0 Å². The maximum absolute atomic E-state index is 3.78. The van der Waals surface area contributed by atoms with Crippen LogP contribution in [0.5, 0.6) is 0 Å². The zero-order chi connectivity index (χ0) is 7.78. The minimum Gasteiger partial charge on any atom is -0.368 e. The Labute approximate surface area is 74.2 Å². The molecule has 3 heteroatoms. The molecule has 2 rings (SSSR count). The van der Waals surface area contributed by atoms with Gasteiger partial charge >= 0.3 is 0 Å². The molecule has 0 amide bonds. The molecule has 0 radical (unpaired) electrons. The van der Waals surface area contributed by atoms with Crippen LogP contribution in [-0.2, 0) is 0 Å². The van der Waals surface area contributed by atoms with Crippen LogP contribution in [0.15, 0.2) is 55.1 Å². The highest BCUT2D eigenvalue weighted by Gasteiger charge is 1.58. The number of hydrogen-bond acceptors (Lipinski definition) is 1. The molecule has 0 fully saturated rings. The summed E-state index contributed by atoms with van der Waals surface area (Å²) in [5, 5.41) is 0. The van der Waals surface area contributed by atoms with Crippen LogP contribution < -0.4 is 0 Å². The van der Waals surface area contributed by atoms with E-state index in [0.717, 1.165) is 0 Å². The molecule has 2 aromatic heterocycles. The Bertz CT molecular complexity index is 198. The largest absolute Gasteiger partial charge is 0.368 e. The summed E-state index contributed by atoms with van der Waals surface area (Å²) in [4.78, 5) is 6.65. The number of pyridine rings is 1. The van der Waals surface area contributed by atoms with Crippen LogP contribution in [0, 0.1) is 0 Å². The summed E-state index contributed by atoms with van der Waals surface area (Å²) in [5.74, 6) is 0. The standard InChI is InChI=1S/C5H5N.C4H5N.BH3/c1-2-4-6-5-3-1;1-2-4-5-3-1;/h1-5H;1-5H;1H3. The number of nitrogens with one attached hydrogen (secondary N) is 1. The summed E-state index contributed by atoms with van der Waals surface area (Å²) in [6.45, 7) is 0. The first-order valence-electron chi connectivity index (χ1n) is 3.43. The third-order valence-corrected chi connectivity index (χ3v) is 1.06. The minimum atomic E-state index is 0. The molecule has 0 aliphatic rings. The lowest BCUT2D eigenvalue weighted by Crippen LogP contribution is -1.58. The Hall–Kier alpha value is -1.51. The summed E-state index contributed by atoms with van der Waals surface area (Å²) in [7, 11) is 0. The third kappa shape index (κ3) is 5.29. The van der Waals surface area contributed by atoms with Gasteiger partial charge in [0.25, 0.3) is 0 Å². The molecule has 62 valence electrons. The molecular weight excluding hydrogens is 147 g/mol. The van der Waals surface area contributed by atoms with Crippen molar-refractivity contribution in [3.05, 3.63) is 55.1 Å². The second-order valence-corrected chi connectivity index (χ2v) is 1.91. The van der Waals surface area contributed by atoms with Crippen molar-refractivity contribution in [3.8, 4) is 0 Å². The maximum Gasteiger partial charge on any atom is 0.0814 e. The van der Waals surface area contributed by atoms with Crippen LogP contribution in [0.4, 0.5) is 0 Å². The summed E-state index contributed by atoms with van der Waals surface area (Å²) < 4.78 is 0. The second kappa shape index (κ2) is 7.60. The Kier molecular flexibility index (Phi) is 6.65. The SMILES string of the molecule is B.c1cc[nH]c1.c1ccncc1. The lowest BCUT2D eigenvalue weighted by Gasteiger charge is -1.70. The van der Waals surface area contributed by atoms with E-state index in [4.69, 9.17) is 0 Å². The van der Waals surface area contributed by atoms with E-state index in [1.807, 2.05) is 42.7 Å². The summed E-state index contributed by atoms with van der Waals surface area (Å²) in [6.07, 6.45) is 7.25. The highest BCUT2D eigenvalue weighted by atomic mass is 14.6. The van der Waals surface area contributed by atoms with Gasteiger partial charge in [0, 0.05) is 24.8 Å². The molecule has 0 aromatic carbocycles. The van der Waals surface area contributed by atoms with Crippen molar-refractivity contribution in [2.75, 3.05) is 0 Å². The predicted molar refractivity (Wildman–Crippen MR) is 55.0 cm³/mol. The van der Waals surface area contributed by atoms with Gasteiger partial charge in [-0.25, -0.2) is 0 Å². The molecule has 0 aliphatic heterocycles. The summed E-state index contributed by atoms with van der Waals surface area (Å²) >= 11 is 0. The zero-order valence-electron chi connectivity index (χ0n) is 6.14. The zero-order valence-corrected chi connectivity index (χ0v) is 6.14. The normalized spacial score (nSPS) is 7.33. The van der Waals surface area contributed by atoms with Crippen molar-refractivity contribution in [2.24, 2.45) is 0 Å². The average Bonchev–Trinajstić information content (AvgIpc) is 2.64. The van der Waals surface area contributed by atoms with E-state index in [1.165, 1.54) is 0 Å². The topological polar surface area (TPSA) is 28.7 Å². The summed E-state index contributed by atoms with van der Waals surface area (Å²) in [6, 6.07) is 9.60. The third-order valence-electron chi connectivity index (χ3n) is 1.06. The number of nitrogens with zero attached hydrogens (tertiary/aromatic N) is 1. The molecule has 12 heavy (non-hydrogen) atoms. The number of aromatic nitrogens is 2. The fourth-order valence-corrected chi connectivity index (χ4v) is 0.590. The van der Waals surface area contributed by atoms with E-state index in [1.54, 1.807) is 12.4 Å². The van der Waals surface area contributed by atoms with Crippen LogP contribution >= 0.6 is 0 Å². The second-order valence-electron chi connectivity index (χ2n) is 1.91. The molecule has 0 atom stereocenters. The number of aromatic amines is 1. The van der Waals surface area contributed by atoms with Gasteiger partial charge in [-0.15, -0.1) is 0 Å². The smallest absolute Gasteiger partial charge is 0.0814 e. The Balaban J connectivity index is 0.000000189. The molecule has 2 nitrogen and oxygen atoms in total. The van der Waals surface area contributed by atoms with Crippen LogP contribution in [0.25, 0.3) is 0 Å². The van der Waals surface area contributed by atoms with E-state index in [-0.39, 0.29) is 8.41 Å². The quantitative estimate of drug-likeness (QED) is 0.570. The fraction of sp³-hybridized carbons (Fsp3) is 0. The van der Waals surface area contributed by atoms with Crippen LogP contribution in [0.3, 0.4) is 0 Å². The molecule has 0 bridgehead atoms. The Morgan fingerprint density at radius 1 is 0.750 bits per heavy atom. The first-order chi connectivity index (χ1) is 5.50. The molecule has 0 aliphatic carbocycles. The molecular formula is C9H13BN2. The van der Waals surface area contributed by atoms with Gasteiger partial charge in [-0.1, -0.05) is 6.07 Å². The molecule has 1 N–H and O–H groups in total. The lowest BCUT2D eigenvalue weighted by molar-refractivity contribution is 1.33. The van der Waals surface area contributed by atoms with Crippen LogP contribution in [0.2, 0.25) is 0 Å². The van der Waals surface area contributed by atoms with E-state index < -0.39 is 0 Å². The Morgan fingerprint density at radius 3 is 1.50 bits per heavy atom.